The summed E-state index contributed by atoms with van der Waals surface area (Å²) in [4.78, 5) is 12.3. The predicted octanol–water partition coefficient (Wildman–Crippen LogP) is 3.81. The van der Waals surface area contributed by atoms with Gasteiger partial charge in [0.2, 0.25) is 5.91 Å². The van der Waals surface area contributed by atoms with Crippen molar-refractivity contribution in [1.82, 2.24) is 25.1 Å². The Kier molecular flexibility index (Phi) is 5.48. The molecular formula is C22H23N7O2. The Labute approximate surface area is 179 Å². The average molecular weight is 417 g/mol. The predicted molar refractivity (Wildman–Crippen MR) is 117 cm³/mol. The number of carbonyl (C=O) groups excluding carboxylic acids is 1. The second-order valence-corrected chi connectivity index (χ2v) is 7.35. The van der Waals surface area contributed by atoms with Crippen molar-refractivity contribution < 1.29 is 9.32 Å². The normalized spacial score (nSPS) is 10.8. The lowest BCUT2D eigenvalue weighted by Crippen LogP contribution is -2.15. The molecule has 1 amide bonds. The fourth-order valence-corrected chi connectivity index (χ4v) is 3.27. The maximum atomic E-state index is 12.3. The number of amides is 1. The van der Waals surface area contributed by atoms with E-state index < -0.39 is 0 Å². The lowest BCUT2D eigenvalue weighted by atomic mass is 10.1. The third-order valence-electron chi connectivity index (χ3n) is 4.84. The van der Waals surface area contributed by atoms with Crippen LogP contribution in [0.1, 0.15) is 28.4 Å². The van der Waals surface area contributed by atoms with Gasteiger partial charge in [-0.2, -0.15) is 5.10 Å². The van der Waals surface area contributed by atoms with Crippen LogP contribution in [0.25, 0.3) is 5.82 Å². The van der Waals surface area contributed by atoms with E-state index >= 15 is 0 Å². The van der Waals surface area contributed by atoms with Gasteiger partial charge in [0.15, 0.2) is 11.6 Å². The highest BCUT2D eigenvalue weighted by Gasteiger charge is 2.13. The maximum absolute atomic E-state index is 12.3. The molecule has 3 heterocycles. The van der Waals surface area contributed by atoms with Crippen molar-refractivity contribution in [3.8, 4) is 5.82 Å². The molecule has 9 heteroatoms. The summed E-state index contributed by atoms with van der Waals surface area (Å²) in [5.41, 5.74) is 5.01. The van der Waals surface area contributed by atoms with Crippen LogP contribution in [0.15, 0.2) is 47.0 Å². The first kappa shape index (κ1) is 20.3. The fraction of sp³-hybridized carbons (Fsp3) is 0.227. The second kappa shape index (κ2) is 8.39. The molecule has 4 aromatic rings. The minimum Gasteiger partial charge on any atom is -0.361 e. The third-order valence-corrected chi connectivity index (χ3v) is 4.84. The van der Waals surface area contributed by atoms with Crippen LogP contribution in [0.5, 0.6) is 0 Å². The molecule has 0 radical (unpaired) electrons. The van der Waals surface area contributed by atoms with Crippen LogP contribution in [0.3, 0.4) is 0 Å². The van der Waals surface area contributed by atoms with E-state index in [2.05, 4.69) is 31.1 Å². The average Bonchev–Trinajstić information content (AvgIpc) is 3.25. The van der Waals surface area contributed by atoms with Crippen LogP contribution >= 0.6 is 0 Å². The molecule has 1 aromatic carbocycles. The molecule has 3 aromatic heterocycles. The zero-order chi connectivity index (χ0) is 22.0. The van der Waals surface area contributed by atoms with Crippen molar-refractivity contribution in [1.29, 1.82) is 0 Å². The van der Waals surface area contributed by atoms with E-state index in [1.54, 1.807) is 11.6 Å². The summed E-state index contributed by atoms with van der Waals surface area (Å²) in [6, 6.07) is 13.1. The van der Waals surface area contributed by atoms with Crippen molar-refractivity contribution >= 4 is 23.1 Å². The summed E-state index contributed by atoms with van der Waals surface area (Å²) in [6.07, 6.45) is 0.221. The Morgan fingerprint density at radius 1 is 1.00 bits per heavy atom. The molecule has 9 nitrogen and oxygen atoms in total. The highest BCUT2D eigenvalue weighted by Crippen LogP contribution is 2.19. The van der Waals surface area contributed by atoms with E-state index in [0.717, 1.165) is 28.3 Å². The quantitative estimate of drug-likeness (QED) is 0.491. The number of carbonyl (C=O) groups is 1. The van der Waals surface area contributed by atoms with Gasteiger partial charge in [-0.15, -0.1) is 10.2 Å². The molecule has 0 aliphatic carbocycles. The van der Waals surface area contributed by atoms with E-state index in [9.17, 15) is 4.79 Å². The molecule has 0 atom stereocenters. The number of aromatic nitrogens is 5. The van der Waals surface area contributed by atoms with Gasteiger partial charge in [-0.1, -0.05) is 5.16 Å². The topological polar surface area (TPSA) is 111 Å². The Hall–Kier alpha value is -4.01. The summed E-state index contributed by atoms with van der Waals surface area (Å²) < 4.78 is 6.86. The van der Waals surface area contributed by atoms with Gasteiger partial charge in [-0.3, -0.25) is 4.79 Å². The van der Waals surface area contributed by atoms with Gasteiger partial charge in [0.1, 0.15) is 5.76 Å². The summed E-state index contributed by atoms with van der Waals surface area (Å²) in [6.45, 7) is 7.54. The van der Waals surface area contributed by atoms with Gasteiger partial charge in [-0.05, 0) is 70.2 Å². The van der Waals surface area contributed by atoms with Gasteiger partial charge < -0.3 is 15.2 Å². The van der Waals surface area contributed by atoms with Gasteiger partial charge in [0.05, 0.1) is 17.8 Å². The molecule has 0 fully saturated rings. The Bertz CT molecular complexity index is 1190. The van der Waals surface area contributed by atoms with Crippen LogP contribution < -0.4 is 10.6 Å². The zero-order valence-corrected chi connectivity index (χ0v) is 17.8. The molecule has 4 rings (SSSR count). The molecule has 0 saturated heterocycles. The van der Waals surface area contributed by atoms with Crippen molar-refractivity contribution in [3.05, 3.63) is 70.9 Å². The number of rotatable bonds is 6. The number of anilines is 3. The Balaban J connectivity index is 1.37. The number of benzene rings is 1. The first-order chi connectivity index (χ1) is 14.9. The van der Waals surface area contributed by atoms with E-state index in [0.29, 0.717) is 23.1 Å². The fourth-order valence-electron chi connectivity index (χ4n) is 3.27. The zero-order valence-electron chi connectivity index (χ0n) is 17.8. The van der Waals surface area contributed by atoms with Crippen molar-refractivity contribution in [3.63, 3.8) is 0 Å². The van der Waals surface area contributed by atoms with Crippen LogP contribution in [0.2, 0.25) is 0 Å². The van der Waals surface area contributed by atoms with Crippen LogP contribution in [-0.4, -0.2) is 31.0 Å². The number of aryl methyl sites for hydroxylation is 4. The lowest BCUT2D eigenvalue weighted by molar-refractivity contribution is -0.115. The smallest absolute Gasteiger partial charge is 0.228 e. The van der Waals surface area contributed by atoms with Crippen molar-refractivity contribution in [2.24, 2.45) is 0 Å². The standard InChI is InChI=1S/C22H23N7O2/c1-13-11-14(2)29(27-13)21-10-9-20(25-26-21)23-17-5-7-18(8-6-17)24-22(30)12-19-15(3)28-31-16(19)4/h5-11H,12H2,1-4H3,(H,23,25)(H,24,30). The van der Waals surface area contributed by atoms with Gasteiger partial charge in [0.25, 0.3) is 0 Å². The molecule has 2 N–H and O–H groups in total. The molecule has 0 aliphatic heterocycles. The van der Waals surface area contributed by atoms with E-state index in [4.69, 9.17) is 4.52 Å². The Morgan fingerprint density at radius 3 is 2.32 bits per heavy atom. The van der Waals surface area contributed by atoms with Gasteiger partial charge >= 0.3 is 0 Å². The summed E-state index contributed by atoms with van der Waals surface area (Å²) in [7, 11) is 0. The monoisotopic (exact) mass is 417 g/mol. The molecule has 158 valence electrons. The van der Waals surface area contributed by atoms with Gasteiger partial charge in [-0.25, -0.2) is 4.68 Å². The van der Waals surface area contributed by atoms with Crippen molar-refractivity contribution in [2.75, 3.05) is 10.6 Å². The highest BCUT2D eigenvalue weighted by atomic mass is 16.5. The molecule has 0 saturated carbocycles. The number of nitrogens with one attached hydrogen (secondary N) is 2. The summed E-state index contributed by atoms with van der Waals surface area (Å²) in [5, 5.41) is 22.8. The number of hydrogen-bond donors (Lipinski definition) is 2. The number of nitrogens with zero attached hydrogens (tertiary/aromatic N) is 5. The summed E-state index contributed by atoms with van der Waals surface area (Å²) >= 11 is 0. The first-order valence-corrected chi connectivity index (χ1v) is 9.85. The van der Waals surface area contributed by atoms with E-state index in [1.807, 2.05) is 63.2 Å². The third kappa shape index (κ3) is 4.61. The Morgan fingerprint density at radius 2 is 1.74 bits per heavy atom. The molecule has 31 heavy (non-hydrogen) atoms. The molecular weight excluding hydrogens is 394 g/mol. The maximum Gasteiger partial charge on any atom is 0.228 e. The van der Waals surface area contributed by atoms with E-state index in [1.165, 1.54) is 0 Å². The SMILES string of the molecule is Cc1cc(C)n(-c2ccc(Nc3ccc(NC(=O)Cc4c(C)noc4C)cc3)nn2)n1. The second-order valence-electron chi connectivity index (χ2n) is 7.35. The largest absolute Gasteiger partial charge is 0.361 e. The van der Waals surface area contributed by atoms with Crippen molar-refractivity contribution in [2.45, 2.75) is 34.1 Å². The molecule has 0 aliphatic rings. The minimum atomic E-state index is -0.124. The van der Waals surface area contributed by atoms with E-state index in [-0.39, 0.29) is 12.3 Å². The van der Waals surface area contributed by atoms with Gasteiger partial charge in [0, 0.05) is 22.6 Å². The highest BCUT2D eigenvalue weighted by molar-refractivity contribution is 5.92. The van der Waals surface area contributed by atoms with Crippen LogP contribution in [0.4, 0.5) is 17.2 Å². The lowest BCUT2D eigenvalue weighted by Gasteiger charge is -2.09. The number of hydrogen-bond acceptors (Lipinski definition) is 7. The summed E-state index contributed by atoms with van der Waals surface area (Å²) in [5.74, 6) is 1.81. The molecule has 0 bridgehead atoms. The molecule has 0 spiro atoms. The minimum absolute atomic E-state index is 0.124. The first-order valence-electron chi connectivity index (χ1n) is 9.85. The van der Waals surface area contributed by atoms with Crippen LogP contribution in [-0.2, 0) is 11.2 Å². The van der Waals surface area contributed by atoms with Crippen LogP contribution in [0, 0.1) is 27.7 Å². The molecule has 0 unspecified atom stereocenters.